The molecule has 1 aliphatic rings. The molecule has 0 aliphatic carbocycles. The zero-order chi connectivity index (χ0) is 17.0. The molecule has 5 nitrogen and oxygen atoms in total. The van der Waals surface area contributed by atoms with Crippen LogP contribution in [0.15, 0.2) is 28.7 Å². The van der Waals surface area contributed by atoms with Crippen molar-refractivity contribution in [2.75, 3.05) is 19.6 Å². The van der Waals surface area contributed by atoms with E-state index in [4.69, 9.17) is 10.5 Å². The largest absolute Gasteiger partial charge is 0.444 e. The van der Waals surface area contributed by atoms with Gasteiger partial charge in [0.15, 0.2) is 0 Å². The van der Waals surface area contributed by atoms with Crippen LogP contribution in [-0.4, -0.2) is 42.3 Å². The quantitative estimate of drug-likeness (QED) is 0.838. The Kier molecular flexibility index (Phi) is 6.06. The van der Waals surface area contributed by atoms with Gasteiger partial charge in [0.25, 0.3) is 0 Å². The van der Waals surface area contributed by atoms with Gasteiger partial charge in [0, 0.05) is 36.2 Å². The van der Waals surface area contributed by atoms with Crippen molar-refractivity contribution in [2.24, 2.45) is 5.73 Å². The first-order chi connectivity index (χ1) is 10.8. The third-order valence-electron chi connectivity index (χ3n) is 3.86. The van der Waals surface area contributed by atoms with Gasteiger partial charge >= 0.3 is 6.09 Å². The molecule has 2 rings (SSSR count). The number of benzene rings is 1. The van der Waals surface area contributed by atoms with E-state index in [9.17, 15) is 4.79 Å². The molecule has 0 saturated carbocycles. The highest BCUT2D eigenvalue weighted by Crippen LogP contribution is 2.25. The fourth-order valence-electron chi connectivity index (χ4n) is 2.84. The minimum absolute atomic E-state index is 0.106. The lowest BCUT2D eigenvalue weighted by atomic mass is 10.1. The van der Waals surface area contributed by atoms with Crippen molar-refractivity contribution in [3.63, 3.8) is 0 Å². The fraction of sp³-hybridized carbons (Fsp3) is 0.588. The number of alkyl carbamates (subject to hydrolysis) is 1. The molecular weight excluding hydrogens is 358 g/mol. The summed E-state index contributed by atoms with van der Waals surface area (Å²) in [5.74, 6) is 0. The van der Waals surface area contributed by atoms with E-state index in [1.807, 2.05) is 32.9 Å². The Bertz CT molecular complexity index is 528. The molecule has 6 heteroatoms. The topological polar surface area (TPSA) is 67.6 Å². The van der Waals surface area contributed by atoms with Gasteiger partial charge in [-0.05, 0) is 44.9 Å². The molecule has 1 aliphatic heterocycles. The molecule has 1 aromatic rings. The number of likely N-dealkylation sites (tertiary alicyclic amines) is 1. The van der Waals surface area contributed by atoms with E-state index in [1.165, 1.54) is 5.56 Å². The lowest BCUT2D eigenvalue weighted by Crippen LogP contribution is -2.41. The fourth-order valence-corrected chi connectivity index (χ4v) is 3.11. The zero-order valence-electron chi connectivity index (χ0n) is 14.0. The molecule has 1 aromatic carbocycles. The number of amides is 1. The highest BCUT2D eigenvalue weighted by atomic mass is 79.9. The Balaban J connectivity index is 1.93. The normalized spacial score (nSPS) is 20.3. The van der Waals surface area contributed by atoms with Crippen LogP contribution in [0.2, 0.25) is 0 Å². The summed E-state index contributed by atoms with van der Waals surface area (Å²) >= 11 is 3.45. The first-order valence-corrected chi connectivity index (χ1v) is 8.77. The Morgan fingerprint density at radius 2 is 2.09 bits per heavy atom. The molecule has 0 aromatic heterocycles. The minimum Gasteiger partial charge on any atom is -0.444 e. The molecule has 0 unspecified atom stereocenters. The molecule has 3 N–H and O–H groups in total. The second-order valence-corrected chi connectivity index (χ2v) is 7.85. The Hall–Kier alpha value is -1.11. The van der Waals surface area contributed by atoms with Crippen LogP contribution in [0, 0.1) is 0 Å². The van der Waals surface area contributed by atoms with Crippen LogP contribution in [0.5, 0.6) is 0 Å². The van der Waals surface area contributed by atoms with Gasteiger partial charge in [-0.25, -0.2) is 4.79 Å². The van der Waals surface area contributed by atoms with Crippen LogP contribution in [0.25, 0.3) is 0 Å². The molecule has 128 valence electrons. The summed E-state index contributed by atoms with van der Waals surface area (Å²) in [6, 6.07) is 8.53. The number of nitrogens with two attached hydrogens (primary N) is 1. The van der Waals surface area contributed by atoms with Crippen LogP contribution < -0.4 is 11.1 Å². The van der Waals surface area contributed by atoms with E-state index in [0.717, 1.165) is 24.0 Å². The monoisotopic (exact) mass is 383 g/mol. The first kappa shape index (κ1) is 18.2. The van der Waals surface area contributed by atoms with Crippen molar-refractivity contribution in [3.8, 4) is 0 Å². The van der Waals surface area contributed by atoms with Crippen molar-refractivity contribution in [2.45, 2.75) is 44.9 Å². The van der Waals surface area contributed by atoms with Gasteiger partial charge in [-0.2, -0.15) is 0 Å². The van der Waals surface area contributed by atoms with Crippen molar-refractivity contribution in [1.82, 2.24) is 10.2 Å². The van der Waals surface area contributed by atoms with Crippen molar-refractivity contribution >= 4 is 22.0 Å². The number of nitrogens with one attached hydrogen (secondary N) is 1. The van der Waals surface area contributed by atoms with Crippen molar-refractivity contribution in [3.05, 3.63) is 34.3 Å². The van der Waals surface area contributed by atoms with E-state index in [1.54, 1.807) is 0 Å². The molecular formula is C17H26BrN3O2. The molecule has 23 heavy (non-hydrogen) atoms. The SMILES string of the molecule is CC(C)(C)OC(=O)N[C@@H]1CCN([C@@H](CN)c2ccc(Br)cc2)C1. The summed E-state index contributed by atoms with van der Waals surface area (Å²) in [4.78, 5) is 14.2. The van der Waals surface area contributed by atoms with E-state index >= 15 is 0 Å². The standard InChI is InChI=1S/C17H26BrN3O2/c1-17(2,3)23-16(22)20-14-8-9-21(11-14)15(10-19)12-4-6-13(18)7-5-12/h4-7,14-15H,8-11,19H2,1-3H3,(H,20,22)/t14-,15+/m1/s1. The maximum absolute atomic E-state index is 11.9. The zero-order valence-corrected chi connectivity index (χ0v) is 15.6. The number of carbonyl (C=O) groups is 1. The summed E-state index contributed by atoms with van der Waals surface area (Å²) < 4.78 is 6.38. The Morgan fingerprint density at radius 3 is 2.65 bits per heavy atom. The molecule has 1 fully saturated rings. The van der Waals surface area contributed by atoms with E-state index < -0.39 is 5.60 Å². The Morgan fingerprint density at radius 1 is 1.43 bits per heavy atom. The van der Waals surface area contributed by atoms with Crippen LogP contribution in [0.1, 0.15) is 38.8 Å². The number of rotatable bonds is 4. The lowest BCUT2D eigenvalue weighted by Gasteiger charge is -2.27. The van der Waals surface area contributed by atoms with Crippen molar-refractivity contribution < 1.29 is 9.53 Å². The number of halogens is 1. The Labute approximate surface area is 146 Å². The number of nitrogens with zero attached hydrogens (tertiary/aromatic N) is 1. The summed E-state index contributed by atoms with van der Waals surface area (Å²) in [6.07, 6.45) is 0.559. The highest BCUT2D eigenvalue weighted by Gasteiger charge is 2.30. The number of hydrogen-bond donors (Lipinski definition) is 2. The number of carbonyl (C=O) groups excluding carboxylic acids is 1. The van der Waals surface area contributed by atoms with Gasteiger partial charge in [-0.3, -0.25) is 4.90 Å². The molecule has 2 atom stereocenters. The van der Waals surface area contributed by atoms with E-state index in [0.29, 0.717) is 6.54 Å². The predicted octanol–water partition coefficient (Wildman–Crippen LogP) is 3.05. The molecule has 0 bridgehead atoms. The van der Waals surface area contributed by atoms with Gasteiger partial charge < -0.3 is 15.8 Å². The lowest BCUT2D eigenvalue weighted by molar-refractivity contribution is 0.0504. The first-order valence-electron chi connectivity index (χ1n) is 7.97. The summed E-state index contributed by atoms with van der Waals surface area (Å²) in [5.41, 5.74) is 6.72. The second-order valence-electron chi connectivity index (χ2n) is 6.93. The maximum atomic E-state index is 11.9. The van der Waals surface area contributed by atoms with Crippen LogP contribution in [0.4, 0.5) is 4.79 Å². The van der Waals surface area contributed by atoms with Crippen LogP contribution >= 0.6 is 15.9 Å². The molecule has 1 heterocycles. The van der Waals surface area contributed by atoms with Gasteiger partial charge in [-0.15, -0.1) is 0 Å². The van der Waals surface area contributed by atoms with Crippen LogP contribution in [-0.2, 0) is 4.74 Å². The molecule has 0 spiro atoms. The number of hydrogen-bond acceptors (Lipinski definition) is 4. The van der Waals surface area contributed by atoms with Crippen molar-refractivity contribution in [1.29, 1.82) is 0 Å². The number of ether oxygens (including phenoxy) is 1. The van der Waals surface area contributed by atoms with Gasteiger partial charge in [-0.1, -0.05) is 28.1 Å². The summed E-state index contributed by atoms with van der Waals surface area (Å²) in [6.45, 7) is 7.86. The molecule has 1 amide bonds. The third kappa shape index (κ3) is 5.48. The van der Waals surface area contributed by atoms with Gasteiger partial charge in [0.05, 0.1) is 0 Å². The third-order valence-corrected chi connectivity index (χ3v) is 4.39. The van der Waals surface area contributed by atoms with Gasteiger partial charge in [0.2, 0.25) is 0 Å². The van der Waals surface area contributed by atoms with Gasteiger partial charge in [0.1, 0.15) is 5.60 Å². The predicted molar refractivity (Wildman–Crippen MR) is 95.3 cm³/mol. The summed E-state index contributed by atoms with van der Waals surface area (Å²) in [7, 11) is 0. The maximum Gasteiger partial charge on any atom is 0.407 e. The average Bonchev–Trinajstić information content (AvgIpc) is 2.87. The smallest absolute Gasteiger partial charge is 0.407 e. The average molecular weight is 384 g/mol. The molecule has 0 radical (unpaired) electrons. The molecule has 1 saturated heterocycles. The van der Waals surface area contributed by atoms with Crippen LogP contribution in [0.3, 0.4) is 0 Å². The van der Waals surface area contributed by atoms with E-state index in [2.05, 4.69) is 38.3 Å². The summed E-state index contributed by atoms with van der Waals surface area (Å²) in [5, 5.41) is 2.95. The minimum atomic E-state index is -0.473. The second kappa shape index (κ2) is 7.64. The van der Waals surface area contributed by atoms with E-state index in [-0.39, 0.29) is 18.2 Å². The highest BCUT2D eigenvalue weighted by molar-refractivity contribution is 9.10.